The summed E-state index contributed by atoms with van der Waals surface area (Å²) in [6.45, 7) is 2.36. The van der Waals surface area contributed by atoms with Gasteiger partial charge in [-0.2, -0.15) is 0 Å². The molecular weight excluding hydrogens is 332 g/mol. The number of rotatable bonds is 7. The van der Waals surface area contributed by atoms with E-state index in [0.717, 1.165) is 17.1 Å². The summed E-state index contributed by atoms with van der Waals surface area (Å²) in [6, 6.07) is 9.38. The van der Waals surface area contributed by atoms with Crippen molar-refractivity contribution < 1.29 is 13.2 Å². The molecule has 2 rings (SSSR count). The third-order valence-electron chi connectivity index (χ3n) is 2.60. The molecule has 114 valence electrons. The van der Waals surface area contributed by atoms with Gasteiger partial charge in [-0.05, 0) is 25.5 Å². The maximum atomic E-state index is 12.1. The molecule has 0 amide bonds. The maximum Gasteiger partial charge on any atom is 0.251 e. The minimum absolute atomic E-state index is 0.163. The quantitative estimate of drug-likeness (QED) is 0.783. The van der Waals surface area contributed by atoms with Gasteiger partial charge in [0.1, 0.15) is 5.75 Å². The van der Waals surface area contributed by atoms with Crippen LogP contribution >= 0.6 is 22.9 Å². The number of para-hydroxylation sites is 1. The van der Waals surface area contributed by atoms with E-state index in [1.54, 1.807) is 6.92 Å². The number of benzene rings is 1. The number of nitrogens with zero attached hydrogens (tertiary/aromatic N) is 1. The summed E-state index contributed by atoms with van der Waals surface area (Å²) in [6.07, 6.45) is 0.569. The molecule has 0 unspecified atom stereocenters. The van der Waals surface area contributed by atoms with Crippen molar-refractivity contribution in [2.45, 2.75) is 17.6 Å². The molecule has 0 aliphatic rings. The number of halogens is 1. The molecular formula is C13H15ClN2O3S2. The highest BCUT2D eigenvalue weighted by atomic mass is 35.5. The standard InChI is InChI=1S/C13H15ClN2O3S2/c1-10-12(20-13(14)16-10)21(17,18)15-8-5-9-19-11-6-3-2-4-7-11/h2-4,6-7,15H,5,8-9H2,1H3. The summed E-state index contributed by atoms with van der Waals surface area (Å²) in [5.74, 6) is 0.769. The van der Waals surface area contributed by atoms with E-state index >= 15 is 0 Å². The number of hydrogen-bond donors (Lipinski definition) is 1. The highest BCUT2D eigenvalue weighted by Crippen LogP contribution is 2.26. The number of thiazole rings is 1. The van der Waals surface area contributed by atoms with Crippen LogP contribution in [-0.2, 0) is 10.0 Å². The van der Waals surface area contributed by atoms with Crippen LogP contribution in [0.5, 0.6) is 5.75 Å². The zero-order valence-electron chi connectivity index (χ0n) is 11.4. The number of hydrogen-bond acceptors (Lipinski definition) is 5. The Morgan fingerprint density at radius 2 is 2.05 bits per heavy atom. The van der Waals surface area contributed by atoms with Crippen LogP contribution in [-0.4, -0.2) is 26.6 Å². The van der Waals surface area contributed by atoms with Crippen LogP contribution in [0.1, 0.15) is 12.1 Å². The molecule has 21 heavy (non-hydrogen) atoms. The molecule has 0 bridgehead atoms. The molecule has 0 atom stereocenters. The van der Waals surface area contributed by atoms with Gasteiger partial charge in [0, 0.05) is 6.54 Å². The fourth-order valence-electron chi connectivity index (χ4n) is 1.65. The summed E-state index contributed by atoms with van der Waals surface area (Å²) < 4.78 is 32.5. The first-order chi connectivity index (χ1) is 9.99. The van der Waals surface area contributed by atoms with Crippen molar-refractivity contribution in [1.29, 1.82) is 0 Å². The van der Waals surface area contributed by atoms with E-state index < -0.39 is 10.0 Å². The number of sulfonamides is 1. The van der Waals surface area contributed by atoms with E-state index in [-0.39, 0.29) is 8.68 Å². The molecule has 1 aromatic carbocycles. The van der Waals surface area contributed by atoms with Crippen LogP contribution < -0.4 is 9.46 Å². The lowest BCUT2D eigenvalue weighted by Gasteiger charge is -2.07. The zero-order chi connectivity index (χ0) is 15.3. The molecule has 5 nitrogen and oxygen atoms in total. The van der Waals surface area contributed by atoms with Crippen LogP contribution in [0.25, 0.3) is 0 Å². The van der Waals surface area contributed by atoms with Crippen LogP contribution in [0.2, 0.25) is 4.47 Å². The van der Waals surface area contributed by atoms with Crippen molar-refractivity contribution in [3.05, 3.63) is 40.5 Å². The molecule has 0 spiro atoms. The zero-order valence-corrected chi connectivity index (χ0v) is 13.8. The van der Waals surface area contributed by atoms with Gasteiger partial charge in [0.2, 0.25) is 0 Å². The lowest BCUT2D eigenvalue weighted by Crippen LogP contribution is -2.25. The lowest BCUT2D eigenvalue weighted by atomic mass is 10.3. The minimum Gasteiger partial charge on any atom is -0.494 e. The van der Waals surface area contributed by atoms with E-state index in [4.69, 9.17) is 16.3 Å². The first-order valence-corrected chi connectivity index (χ1v) is 8.97. The fraction of sp³-hybridized carbons (Fsp3) is 0.308. The fourth-order valence-corrected chi connectivity index (χ4v) is 4.51. The Labute approximate surface area is 133 Å². The Hall–Kier alpha value is -1.15. The van der Waals surface area contributed by atoms with Crippen LogP contribution in [0.3, 0.4) is 0 Å². The number of nitrogens with one attached hydrogen (secondary N) is 1. The molecule has 8 heteroatoms. The van der Waals surface area contributed by atoms with Gasteiger partial charge in [0.05, 0.1) is 12.3 Å². The molecule has 1 aromatic heterocycles. The largest absolute Gasteiger partial charge is 0.494 e. The van der Waals surface area contributed by atoms with Crippen molar-refractivity contribution in [2.75, 3.05) is 13.2 Å². The second-order valence-corrected chi connectivity index (χ2v) is 7.80. The van der Waals surface area contributed by atoms with Crippen molar-refractivity contribution in [3.8, 4) is 5.75 Å². The summed E-state index contributed by atoms with van der Waals surface area (Å²) in [4.78, 5) is 3.90. The van der Waals surface area contributed by atoms with Gasteiger partial charge in [-0.1, -0.05) is 41.1 Å². The average Bonchev–Trinajstić information content (AvgIpc) is 2.79. The maximum absolute atomic E-state index is 12.1. The normalized spacial score (nSPS) is 11.5. The number of aryl methyl sites for hydroxylation is 1. The van der Waals surface area contributed by atoms with E-state index in [2.05, 4.69) is 9.71 Å². The van der Waals surface area contributed by atoms with E-state index in [0.29, 0.717) is 25.3 Å². The van der Waals surface area contributed by atoms with Gasteiger partial charge in [-0.15, -0.1) is 0 Å². The highest BCUT2D eigenvalue weighted by Gasteiger charge is 2.20. The molecule has 2 aromatic rings. The molecule has 0 aliphatic carbocycles. The average molecular weight is 347 g/mol. The first-order valence-electron chi connectivity index (χ1n) is 6.29. The second-order valence-electron chi connectivity index (χ2n) is 4.25. The summed E-state index contributed by atoms with van der Waals surface area (Å²) >= 11 is 6.67. The van der Waals surface area contributed by atoms with Crippen LogP contribution in [0, 0.1) is 6.92 Å². The monoisotopic (exact) mass is 346 g/mol. The van der Waals surface area contributed by atoms with Crippen molar-refractivity contribution in [1.82, 2.24) is 9.71 Å². The topological polar surface area (TPSA) is 68.3 Å². The third kappa shape index (κ3) is 4.67. The first kappa shape index (κ1) is 16.2. The van der Waals surface area contributed by atoms with Crippen molar-refractivity contribution in [3.63, 3.8) is 0 Å². The minimum atomic E-state index is -3.55. The van der Waals surface area contributed by atoms with Gasteiger partial charge in [-0.25, -0.2) is 18.1 Å². The Morgan fingerprint density at radius 3 is 2.67 bits per heavy atom. The predicted octanol–water partition coefficient (Wildman–Crippen LogP) is 2.85. The molecule has 1 heterocycles. The van der Waals surface area contributed by atoms with E-state index in [1.165, 1.54) is 0 Å². The van der Waals surface area contributed by atoms with Gasteiger partial charge in [0.15, 0.2) is 8.68 Å². The van der Waals surface area contributed by atoms with Gasteiger partial charge in [0.25, 0.3) is 10.0 Å². The van der Waals surface area contributed by atoms with Gasteiger partial charge < -0.3 is 4.74 Å². The molecule has 1 N–H and O–H groups in total. The molecule has 0 radical (unpaired) electrons. The Morgan fingerprint density at radius 1 is 1.33 bits per heavy atom. The number of aromatic nitrogens is 1. The molecule has 0 aliphatic heterocycles. The smallest absolute Gasteiger partial charge is 0.251 e. The SMILES string of the molecule is Cc1nc(Cl)sc1S(=O)(=O)NCCCOc1ccccc1. The van der Waals surface area contributed by atoms with Crippen LogP contribution in [0.15, 0.2) is 34.5 Å². The molecule has 0 saturated heterocycles. The summed E-state index contributed by atoms with van der Waals surface area (Å²) in [7, 11) is -3.55. The van der Waals surface area contributed by atoms with Gasteiger partial charge >= 0.3 is 0 Å². The van der Waals surface area contributed by atoms with Crippen molar-refractivity contribution in [2.24, 2.45) is 0 Å². The van der Waals surface area contributed by atoms with Crippen molar-refractivity contribution >= 4 is 33.0 Å². The molecule has 0 saturated carbocycles. The second kappa shape index (κ2) is 7.22. The van der Waals surface area contributed by atoms with Gasteiger partial charge in [-0.3, -0.25) is 0 Å². The highest BCUT2D eigenvalue weighted by molar-refractivity contribution is 7.91. The van der Waals surface area contributed by atoms with E-state index in [1.807, 2.05) is 30.3 Å². The van der Waals surface area contributed by atoms with E-state index in [9.17, 15) is 8.42 Å². The summed E-state index contributed by atoms with van der Waals surface area (Å²) in [5.41, 5.74) is 0.415. The van der Waals surface area contributed by atoms with Crippen LogP contribution in [0.4, 0.5) is 0 Å². The Balaban J connectivity index is 1.79. The Kier molecular flexibility index (Phi) is 5.58. The predicted molar refractivity (Wildman–Crippen MR) is 83.6 cm³/mol. The number of ether oxygens (including phenoxy) is 1. The molecule has 0 fully saturated rings. The summed E-state index contributed by atoms with van der Waals surface area (Å²) in [5, 5.41) is 0. The lowest BCUT2D eigenvalue weighted by molar-refractivity contribution is 0.311. The third-order valence-corrected chi connectivity index (χ3v) is 5.93. The Bertz CT molecular complexity index is 687.